The normalized spacial score (nSPS) is 12.3. The molecule has 5 heteroatoms. The van der Waals surface area contributed by atoms with Crippen molar-refractivity contribution in [2.45, 2.75) is 32.8 Å². The van der Waals surface area contributed by atoms with Crippen LogP contribution in [0.5, 0.6) is 0 Å². The topological polar surface area (TPSA) is 45.7 Å². The third kappa shape index (κ3) is 7.34. The van der Waals surface area contributed by atoms with Crippen molar-refractivity contribution in [3.8, 4) is 0 Å². The van der Waals surface area contributed by atoms with Crippen LogP contribution in [0.1, 0.15) is 26.3 Å². The van der Waals surface area contributed by atoms with Crippen molar-refractivity contribution in [3.05, 3.63) is 34.9 Å². The van der Waals surface area contributed by atoms with E-state index in [0.29, 0.717) is 6.54 Å². The van der Waals surface area contributed by atoms with E-state index >= 15 is 0 Å². The molecule has 1 aromatic rings. The van der Waals surface area contributed by atoms with E-state index < -0.39 is 0 Å². The number of aliphatic imine (C=N–C) groups is 1. The highest BCUT2D eigenvalue weighted by Crippen LogP contribution is 2.10. The Bertz CT molecular complexity index is 461. The molecule has 1 rings (SSSR count). The van der Waals surface area contributed by atoms with Crippen molar-refractivity contribution in [2.24, 2.45) is 4.99 Å². The number of ether oxygens (including phenoxy) is 1. The van der Waals surface area contributed by atoms with Crippen LogP contribution in [0.4, 0.5) is 0 Å². The Morgan fingerprint density at radius 3 is 2.71 bits per heavy atom. The fraction of sp³-hybridized carbons (Fsp3) is 0.562. The summed E-state index contributed by atoms with van der Waals surface area (Å²) in [4.78, 5) is 4.55. The molecule has 118 valence electrons. The summed E-state index contributed by atoms with van der Waals surface area (Å²) in [5.41, 5.74) is 0.957. The number of nitrogens with one attached hydrogen (secondary N) is 2. The van der Waals surface area contributed by atoms with Gasteiger partial charge in [-0.3, -0.25) is 4.99 Å². The Balaban J connectivity index is 2.49. The first-order chi connectivity index (χ1) is 9.96. The van der Waals surface area contributed by atoms with Crippen LogP contribution in [-0.4, -0.2) is 38.3 Å². The van der Waals surface area contributed by atoms with E-state index in [2.05, 4.69) is 28.6 Å². The van der Waals surface area contributed by atoms with Crippen LogP contribution in [0, 0.1) is 0 Å². The Hall–Kier alpha value is -1.26. The van der Waals surface area contributed by atoms with Gasteiger partial charge in [0.05, 0.1) is 12.1 Å². The third-order valence-corrected chi connectivity index (χ3v) is 3.35. The van der Waals surface area contributed by atoms with Crippen LogP contribution in [0.3, 0.4) is 0 Å². The zero-order chi connectivity index (χ0) is 15.7. The highest BCUT2D eigenvalue weighted by molar-refractivity contribution is 6.30. The van der Waals surface area contributed by atoms with Gasteiger partial charge >= 0.3 is 0 Å². The average Bonchev–Trinajstić information content (AvgIpc) is 2.45. The van der Waals surface area contributed by atoms with Gasteiger partial charge in [0.1, 0.15) is 0 Å². The highest BCUT2D eigenvalue weighted by Gasteiger charge is 2.15. The number of halogens is 1. The molecule has 21 heavy (non-hydrogen) atoms. The molecule has 0 heterocycles. The smallest absolute Gasteiger partial charge is 0.191 e. The van der Waals surface area contributed by atoms with Gasteiger partial charge in [0.15, 0.2) is 5.96 Å². The van der Waals surface area contributed by atoms with Crippen molar-refractivity contribution >= 4 is 17.6 Å². The second-order valence-corrected chi connectivity index (χ2v) is 5.90. The van der Waals surface area contributed by atoms with Crippen LogP contribution in [0.25, 0.3) is 0 Å². The SMILES string of the molecule is CCNC(=NCC(C)(C)OC)NCCc1cccc(Cl)c1. The second kappa shape index (κ2) is 8.90. The van der Waals surface area contributed by atoms with Gasteiger partial charge in [-0.1, -0.05) is 23.7 Å². The lowest BCUT2D eigenvalue weighted by atomic mass is 10.1. The zero-order valence-corrected chi connectivity index (χ0v) is 14.1. The summed E-state index contributed by atoms with van der Waals surface area (Å²) in [6.07, 6.45) is 0.901. The van der Waals surface area contributed by atoms with Gasteiger partial charge in [-0.25, -0.2) is 0 Å². The predicted molar refractivity (Wildman–Crippen MR) is 90.2 cm³/mol. The maximum Gasteiger partial charge on any atom is 0.191 e. The third-order valence-electron chi connectivity index (χ3n) is 3.11. The van der Waals surface area contributed by atoms with Gasteiger partial charge in [-0.15, -0.1) is 0 Å². The molecule has 0 unspecified atom stereocenters. The Morgan fingerprint density at radius 2 is 2.10 bits per heavy atom. The van der Waals surface area contributed by atoms with Crippen LogP contribution < -0.4 is 10.6 Å². The number of nitrogens with zero attached hydrogens (tertiary/aromatic N) is 1. The molecule has 0 aliphatic heterocycles. The highest BCUT2D eigenvalue weighted by atomic mass is 35.5. The first kappa shape index (κ1) is 17.8. The monoisotopic (exact) mass is 311 g/mol. The molecule has 0 atom stereocenters. The summed E-state index contributed by atoms with van der Waals surface area (Å²) >= 11 is 5.98. The Kier molecular flexibility index (Phi) is 7.54. The summed E-state index contributed by atoms with van der Waals surface area (Å²) in [7, 11) is 1.70. The number of hydrogen-bond acceptors (Lipinski definition) is 2. The summed E-state index contributed by atoms with van der Waals surface area (Å²) in [5, 5.41) is 7.33. The predicted octanol–water partition coefficient (Wildman–Crippen LogP) is 2.86. The van der Waals surface area contributed by atoms with E-state index in [1.165, 1.54) is 5.56 Å². The minimum atomic E-state index is -0.255. The lowest BCUT2D eigenvalue weighted by Crippen LogP contribution is -2.40. The van der Waals surface area contributed by atoms with Crippen LogP contribution in [-0.2, 0) is 11.2 Å². The van der Waals surface area contributed by atoms with Crippen molar-refractivity contribution in [1.29, 1.82) is 0 Å². The summed E-state index contributed by atoms with van der Waals surface area (Å²) < 4.78 is 5.38. The van der Waals surface area contributed by atoms with Gasteiger partial charge in [0.25, 0.3) is 0 Å². The number of hydrogen-bond donors (Lipinski definition) is 2. The molecule has 0 spiro atoms. The number of benzene rings is 1. The standard InChI is InChI=1S/C16H26ClN3O/c1-5-18-15(20-12-16(2,3)21-4)19-10-9-13-7-6-8-14(17)11-13/h6-8,11H,5,9-10,12H2,1-4H3,(H2,18,19,20). The molecule has 0 aromatic heterocycles. The lowest BCUT2D eigenvalue weighted by molar-refractivity contribution is 0.0310. The van der Waals surface area contributed by atoms with E-state index in [1.807, 2.05) is 32.0 Å². The van der Waals surface area contributed by atoms with E-state index in [9.17, 15) is 0 Å². The molecule has 0 aliphatic rings. The minimum absolute atomic E-state index is 0.255. The van der Waals surface area contributed by atoms with E-state index in [0.717, 1.165) is 30.5 Å². The first-order valence-corrected chi connectivity index (χ1v) is 7.66. The summed E-state index contributed by atoms with van der Waals surface area (Å²) in [6, 6.07) is 7.92. The number of guanidine groups is 1. The average molecular weight is 312 g/mol. The number of rotatable bonds is 7. The van der Waals surface area contributed by atoms with Crippen molar-refractivity contribution in [3.63, 3.8) is 0 Å². The molecule has 0 fully saturated rings. The maximum absolute atomic E-state index is 5.98. The van der Waals surface area contributed by atoms with E-state index in [-0.39, 0.29) is 5.60 Å². The molecule has 2 N–H and O–H groups in total. The molecule has 0 radical (unpaired) electrons. The molecule has 1 aromatic carbocycles. The second-order valence-electron chi connectivity index (χ2n) is 5.47. The summed E-state index contributed by atoms with van der Waals surface area (Å²) in [5.74, 6) is 0.810. The zero-order valence-electron chi connectivity index (χ0n) is 13.4. The van der Waals surface area contributed by atoms with Gasteiger partial charge in [0.2, 0.25) is 0 Å². The van der Waals surface area contributed by atoms with Gasteiger partial charge < -0.3 is 15.4 Å². The summed E-state index contributed by atoms with van der Waals surface area (Å²) in [6.45, 7) is 8.33. The van der Waals surface area contributed by atoms with Crippen molar-refractivity contribution in [2.75, 3.05) is 26.7 Å². The molecule has 4 nitrogen and oxygen atoms in total. The van der Waals surface area contributed by atoms with Crippen LogP contribution in [0.15, 0.2) is 29.3 Å². The molecule has 0 saturated heterocycles. The van der Waals surface area contributed by atoms with Crippen LogP contribution in [0.2, 0.25) is 5.02 Å². The Morgan fingerprint density at radius 1 is 1.33 bits per heavy atom. The lowest BCUT2D eigenvalue weighted by Gasteiger charge is -2.21. The van der Waals surface area contributed by atoms with Crippen molar-refractivity contribution < 1.29 is 4.74 Å². The van der Waals surface area contributed by atoms with Gasteiger partial charge in [-0.2, -0.15) is 0 Å². The Labute approximate surface area is 132 Å². The van der Waals surface area contributed by atoms with Gasteiger partial charge in [0, 0.05) is 25.2 Å². The molecular weight excluding hydrogens is 286 g/mol. The fourth-order valence-corrected chi connectivity index (χ4v) is 1.91. The van der Waals surface area contributed by atoms with E-state index in [1.54, 1.807) is 7.11 Å². The first-order valence-electron chi connectivity index (χ1n) is 7.28. The molecule has 0 saturated carbocycles. The number of methoxy groups -OCH3 is 1. The minimum Gasteiger partial charge on any atom is -0.377 e. The van der Waals surface area contributed by atoms with Crippen molar-refractivity contribution in [1.82, 2.24) is 10.6 Å². The quantitative estimate of drug-likeness (QED) is 0.601. The molecule has 0 bridgehead atoms. The maximum atomic E-state index is 5.98. The van der Waals surface area contributed by atoms with Gasteiger partial charge in [-0.05, 0) is 44.9 Å². The largest absolute Gasteiger partial charge is 0.377 e. The van der Waals surface area contributed by atoms with Crippen LogP contribution >= 0.6 is 11.6 Å². The van der Waals surface area contributed by atoms with E-state index in [4.69, 9.17) is 16.3 Å². The molecule has 0 aliphatic carbocycles. The fourth-order valence-electron chi connectivity index (χ4n) is 1.69. The molecule has 0 amide bonds. The molecular formula is C16H26ClN3O.